The number of carbonyl (C=O) groups is 1. The molecule has 1 amide bonds. The van der Waals surface area contributed by atoms with Gasteiger partial charge < -0.3 is 10.2 Å². The summed E-state index contributed by atoms with van der Waals surface area (Å²) in [7, 11) is 0. The third kappa shape index (κ3) is 4.31. The Kier molecular flexibility index (Phi) is 4.52. The van der Waals surface area contributed by atoms with E-state index in [-0.39, 0.29) is 17.8 Å². The fraction of sp³-hybridized carbons (Fsp3) is 0.769. The van der Waals surface area contributed by atoms with Crippen LogP contribution in [0.5, 0.6) is 0 Å². The number of carbonyl (C=O) groups excluding carboxylic acids is 1. The minimum atomic E-state index is -0.109. The minimum absolute atomic E-state index is 0.109. The van der Waals surface area contributed by atoms with Gasteiger partial charge in [-0.2, -0.15) is 0 Å². The van der Waals surface area contributed by atoms with Crippen molar-refractivity contribution < 1.29 is 9.21 Å². The van der Waals surface area contributed by atoms with Crippen LogP contribution in [0.4, 0.5) is 6.01 Å². The van der Waals surface area contributed by atoms with Crippen molar-refractivity contribution in [3.8, 4) is 0 Å². The Morgan fingerprint density at radius 1 is 1.47 bits per heavy atom. The Morgan fingerprint density at radius 3 is 2.79 bits per heavy atom. The first kappa shape index (κ1) is 14.0. The number of hydrogen-bond acceptors (Lipinski definition) is 5. The third-order valence-corrected chi connectivity index (χ3v) is 3.23. The van der Waals surface area contributed by atoms with Crippen LogP contribution in [0.1, 0.15) is 51.3 Å². The molecule has 0 unspecified atom stereocenters. The standard InChI is InChI=1S/C13H22N4O2/c1-8(2)5-9(7-14)6-11(18)15-13-17-16-12(19-13)10-3-4-10/h8-10H,3-7,14H2,1-2H3,(H,15,17,18)/t9-/m0/s1. The quantitative estimate of drug-likeness (QED) is 0.786. The molecule has 1 saturated carbocycles. The second-order valence-electron chi connectivity index (χ2n) is 5.70. The van der Waals surface area contributed by atoms with Crippen molar-refractivity contribution >= 4 is 11.9 Å². The normalized spacial score (nSPS) is 16.6. The molecule has 1 aliphatic rings. The summed E-state index contributed by atoms with van der Waals surface area (Å²) in [5, 5.41) is 10.4. The van der Waals surface area contributed by atoms with E-state index in [2.05, 4.69) is 29.4 Å². The van der Waals surface area contributed by atoms with Crippen molar-refractivity contribution in [2.24, 2.45) is 17.6 Å². The van der Waals surface area contributed by atoms with Crippen molar-refractivity contribution in [1.82, 2.24) is 10.2 Å². The Bertz CT molecular complexity index is 426. The Hall–Kier alpha value is -1.43. The lowest BCUT2D eigenvalue weighted by atomic mass is 9.94. The second-order valence-corrected chi connectivity index (χ2v) is 5.70. The predicted octanol–water partition coefficient (Wildman–Crippen LogP) is 1.90. The lowest BCUT2D eigenvalue weighted by molar-refractivity contribution is -0.117. The van der Waals surface area contributed by atoms with Crippen LogP contribution in [-0.4, -0.2) is 22.6 Å². The first-order valence-corrected chi connectivity index (χ1v) is 6.91. The zero-order chi connectivity index (χ0) is 13.8. The molecule has 0 radical (unpaired) electrons. The monoisotopic (exact) mass is 266 g/mol. The number of nitrogens with zero attached hydrogens (tertiary/aromatic N) is 2. The molecule has 1 aromatic heterocycles. The number of nitrogens with two attached hydrogens (primary N) is 1. The van der Waals surface area contributed by atoms with Gasteiger partial charge in [-0.15, -0.1) is 5.10 Å². The fourth-order valence-electron chi connectivity index (χ4n) is 2.14. The summed E-state index contributed by atoms with van der Waals surface area (Å²) in [5.41, 5.74) is 5.68. The van der Waals surface area contributed by atoms with Gasteiger partial charge in [0.1, 0.15) is 0 Å². The molecule has 6 nitrogen and oxygen atoms in total. The molecule has 2 rings (SSSR count). The highest BCUT2D eigenvalue weighted by atomic mass is 16.4. The Morgan fingerprint density at radius 2 is 2.21 bits per heavy atom. The van der Waals surface area contributed by atoms with Gasteiger partial charge in [0.25, 0.3) is 0 Å². The van der Waals surface area contributed by atoms with Gasteiger partial charge in [0.15, 0.2) is 0 Å². The number of hydrogen-bond donors (Lipinski definition) is 2. The maximum Gasteiger partial charge on any atom is 0.322 e. The van der Waals surface area contributed by atoms with Crippen LogP contribution in [0.2, 0.25) is 0 Å². The Balaban J connectivity index is 1.81. The lowest BCUT2D eigenvalue weighted by Gasteiger charge is -2.15. The molecule has 3 N–H and O–H groups in total. The maximum atomic E-state index is 11.9. The van der Waals surface area contributed by atoms with E-state index in [1.807, 2.05) is 0 Å². The molecule has 1 atom stereocenters. The van der Waals surface area contributed by atoms with Crippen molar-refractivity contribution in [2.45, 2.75) is 45.4 Å². The lowest BCUT2D eigenvalue weighted by Crippen LogP contribution is -2.23. The zero-order valence-corrected chi connectivity index (χ0v) is 11.6. The van der Waals surface area contributed by atoms with Gasteiger partial charge in [-0.25, -0.2) is 0 Å². The molecule has 0 aliphatic heterocycles. The van der Waals surface area contributed by atoms with E-state index >= 15 is 0 Å². The van der Waals surface area contributed by atoms with E-state index in [0.29, 0.717) is 30.7 Å². The van der Waals surface area contributed by atoms with Crippen LogP contribution in [0.25, 0.3) is 0 Å². The third-order valence-electron chi connectivity index (χ3n) is 3.23. The highest BCUT2D eigenvalue weighted by Crippen LogP contribution is 2.39. The molecule has 1 aromatic rings. The summed E-state index contributed by atoms with van der Waals surface area (Å²) < 4.78 is 5.39. The molecule has 1 fully saturated rings. The fourth-order valence-corrected chi connectivity index (χ4v) is 2.14. The molecule has 0 spiro atoms. The van der Waals surface area contributed by atoms with Crippen LogP contribution in [0.3, 0.4) is 0 Å². The van der Waals surface area contributed by atoms with Gasteiger partial charge in [0.05, 0.1) is 0 Å². The first-order valence-electron chi connectivity index (χ1n) is 6.91. The topological polar surface area (TPSA) is 94.0 Å². The number of rotatable bonds is 7. The van der Waals surface area contributed by atoms with Gasteiger partial charge in [0, 0.05) is 12.3 Å². The van der Waals surface area contributed by atoms with Crippen LogP contribution in [0, 0.1) is 11.8 Å². The van der Waals surface area contributed by atoms with Gasteiger partial charge in [-0.3, -0.25) is 10.1 Å². The predicted molar refractivity (Wildman–Crippen MR) is 71.5 cm³/mol. The van der Waals surface area contributed by atoms with E-state index in [1.165, 1.54) is 0 Å². The van der Waals surface area contributed by atoms with Gasteiger partial charge in [-0.1, -0.05) is 18.9 Å². The van der Waals surface area contributed by atoms with Gasteiger partial charge >= 0.3 is 6.01 Å². The summed E-state index contributed by atoms with van der Waals surface area (Å²) in [6.07, 6.45) is 3.54. The SMILES string of the molecule is CC(C)C[C@H](CN)CC(=O)Nc1nnc(C2CC2)o1. The molecular formula is C13H22N4O2. The smallest absolute Gasteiger partial charge is 0.322 e. The highest BCUT2D eigenvalue weighted by Gasteiger charge is 2.29. The van der Waals surface area contributed by atoms with Crippen molar-refractivity contribution in [3.63, 3.8) is 0 Å². The Labute approximate surface area is 113 Å². The van der Waals surface area contributed by atoms with E-state index in [4.69, 9.17) is 10.2 Å². The van der Waals surface area contributed by atoms with Gasteiger partial charge in [-0.05, 0) is 37.6 Å². The van der Waals surface area contributed by atoms with Crippen LogP contribution < -0.4 is 11.1 Å². The van der Waals surface area contributed by atoms with E-state index in [1.54, 1.807) is 0 Å². The first-order chi connectivity index (χ1) is 9.08. The average Bonchev–Trinajstić information content (AvgIpc) is 3.09. The van der Waals surface area contributed by atoms with E-state index in [9.17, 15) is 4.79 Å². The van der Waals surface area contributed by atoms with Gasteiger partial charge in [0.2, 0.25) is 11.8 Å². The van der Waals surface area contributed by atoms with Crippen molar-refractivity contribution in [2.75, 3.05) is 11.9 Å². The van der Waals surface area contributed by atoms with E-state index in [0.717, 1.165) is 19.3 Å². The molecule has 106 valence electrons. The summed E-state index contributed by atoms with van der Waals surface area (Å²) in [4.78, 5) is 11.9. The van der Waals surface area contributed by atoms with Crippen LogP contribution >= 0.6 is 0 Å². The van der Waals surface area contributed by atoms with E-state index < -0.39 is 0 Å². The molecule has 6 heteroatoms. The van der Waals surface area contributed by atoms with Crippen molar-refractivity contribution in [3.05, 3.63) is 5.89 Å². The van der Waals surface area contributed by atoms with Crippen LogP contribution in [0.15, 0.2) is 4.42 Å². The molecule has 0 saturated heterocycles. The minimum Gasteiger partial charge on any atom is -0.408 e. The molecule has 1 aliphatic carbocycles. The molecule has 0 bridgehead atoms. The molecule has 1 heterocycles. The average molecular weight is 266 g/mol. The molecular weight excluding hydrogens is 244 g/mol. The maximum absolute atomic E-state index is 11.9. The number of aromatic nitrogens is 2. The largest absolute Gasteiger partial charge is 0.408 e. The summed E-state index contributed by atoms with van der Waals surface area (Å²) in [6, 6.07) is 0.201. The number of anilines is 1. The number of nitrogens with one attached hydrogen (secondary N) is 1. The number of amides is 1. The summed E-state index contributed by atoms with van der Waals surface area (Å²) in [6.45, 7) is 4.77. The summed E-state index contributed by atoms with van der Waals surface area (Å²) in [5.74, 6) is 1.66. The van der Waals surface area contributed by atoms with Crippen LogP contribution in [-0.2, 0) is 4.79 Å². The second kappa shape index (κ2) is 6.14. The summed E-state index contributed by atoms with van der Waals surface area (Å²) >= 11 is 0. The zero-order valence-electron chi connectivity index (χ0n) is 11.6. The van der Waals surface area contributed by atoms with Crippen molar-refractivity contribution in [1.29, 1.82) is 0 Å². The highest BCUT2D eigenvalue weighted by molar-refractivity contribution is 5.88. The molecule has 19 heavy (non-hydrogen) atoms. The molecule has 0 aromatic carbocycles.